The Kier molecular flexibility index (Phi) is 5.49. The Labute approximate surface area is 186 Å². The fourth-order valence-electron chi connectivity index (χ4n) is 3.78. The van der Waals surface area contributed by atoms with Gasteiger partial charge in [0.05, 0.1) is 23.3 Å². The number of rotatable bonds is 4. The Balaban J connectivity index is 1.99. The lowest BCUT2D eigenvalue weighted by Crippen LogP contribution is -2.12. The van der Waals surface area contributed by atoms with Gasteiger partial charge in [0.25, 0.3) is 0 Å². The average molecular weight is 457 g/mol. The second-order valence-corrected chi connectivity index (χ2v) is 9.18. The van der Waals surface area contributed by atoms with Gasteiger partial charge >= 0.3 is 0 Å². The van der Waals surface area contributed by atoms with E-state index < -0.39 is 17.3 Å². The van der Waals surface area contributed by atoms with Crippen LogP contribution >= 0.6 is 9.24 Å². The van der Waals surface area contributed by atoms with E-state index in [-0.39, 0.29) is 17.2 Å². The average Bonchev–Trinajstić information content (AvgIpc) is 3.05. The second-order valence-electron chi connectivity index (χ2n) is 8.56. The molecule has 0 spiro atoms. The number of hydrogen-bond acceptors (Lipinski definition) is 3. The molecule has 1 atom stereocenters. The van der Waals surface area contributed by atoms with E-state index in [1.807, 2.05) is 13.8 Å². The number of phenolic OH excluding ortho intramolecular Hbond substituents is 1. The van der Waals surface area contributed by atoms with E-state index in [0.717, 1.165) is 6.07 Å². The van der Waals surface area contributed by atoms with Gasteiger partial charge in [0.1, 0.15) is 23.1 Å². The molecule has 2 aromatic carbocycles. The molecule has 0 saturated heterocycles. The fraction of sp³-hybridized carbons (Fsp3) is 0.250. The van der Waals surface area contributed by atoms with Crippen LogP contribution in [0.3, 0.4) is 0 Å². The molecule has 166 valence electrons. The molecule has 0 aliphatic rings. The van der Waals surface area contributed by atoms with Crippen LogP contribution in [0.15, 0.2) is 42.7 Å². The molecule has 1 unspecified atom stereocenters. The van der Waals surface area contributed by atoms with Crippen molar-refractivity contribution >= 4 is 20.2 Å². The summed E-state index contributed by atoms with van der Waals surface area (Å²) >= 11 is 0. The monoisotopic (exact) mass is 457 g/mol. The summed E-state index contributed by atoms with van der Waals surface area (Å²) in [4.78, 5) is 9.07. The van der Waals surface area contributed by atoms with Gasteiger partial charge in [0.15, 0.2) is 5.65 Å². The van der Waals surface area contributed by atoms with Gasteiger partial charge in [-0.15, -0.1) is 9.24 Å². The van der Waals surface area contributed by atoms with Crippen molar-refractivity contribution in [3.05, 3.63) is 65.6 Å². The molecule has 0 saturated carbocycles. The number of alkyl halides is 1. The lowest BCUT2D eigenvalue weighted by Gasteiger charge is -2.17. The van der Waals surface area contributed by atoms with Gasteiger partial charge in [0.2, 0.25) is 0 Å². The topological polar surface area (TPSA) is 50.4 Å². The zero-order chi connectivity index (χ0) is 23.4. The molecule has 2 heterocycles. The summed E-state index contributed by atoms with van der Waals surface area (Å²) in [5.41, 5.74) is 1.07. The van der Waals surface area contributed by atoms with E-state index in [0.29, 0.717) is 39.2 Å². The number of aromatic hydroxyl groups is 1. The van der Waals surface area contributed by atoms with Crippen LogP contribution in [-0.2, 0) is 5.67 Å². The molecule has 0 radical (unpaired) electrons. The predicted molar refractivity (Wildman–Crippen MR) is 123 cm³/mol. The van der Waals surface area contributed by atoms with Gasteiger partial charge in [-0.3, -0.25) is 9.38 Å². The number of imidazole rings is 1. The van der Waals surface area contributed by atoms with Gasteiger partial charge < -0.3 is 5.11 Å². The van der Waals surface area contributed by atoms with Crippen LogP contribution in [0, 0.1) is 11.6 Å². The zero-order valence-electron chi connectivity index (χ0n) is 18.1. The lowest BCUT2D eigenvalue weighted by molar-refractivity contribution is 0.214. The number of nitrogens with zero attached hydrogens (tertiary/aromatic N) is 3. The highest BCUT2D eigenvalue weighted by atomic mass is 31.0. The molecule has 8 heteroatoms. The van der Waals surface area contributed by atoms with Crippen molar-refractivity contribution in [3.8, 4) is 28.3 Å². The van der Waals surface area contributed by atoms with Gasteiger partial charge in [0, 0.05) is 29.0 Å². The zero-order valence-corrected chi connectivity index (χ0v) is 19.3. The van der Waals surface area contributed by atoms with E-state index in [1.165, 1.54) is 38.1 Å². The second kappa shape index (κ2) is 7.89. The first-order chi connectivity index (χ1) is 15.0. The van der Waals surface area contributed by atoms with Gasteiger partial charge in [-0.05, 0) is 49.3 Å². The molecule has 32 heavy (non-hydrogen) atoms. The van der Waals surface area contributed by atoms with Crippen molar-refractivity contribution < 1.29 is 18.3 Å². The molecule has 0 aliphatic carbocycles. The minimum Gasteiger partial charge on any atom is -0.508 e. The highest BCUT2D eigenvalue weighted by Gasteiger charge is 2.25. The van der Waals surface area contributed by atoms with E-state index in [4.69, 9.17) is 0 Å². The smallest absolute Gasteiger partial charge is 0.156 e. The molecule has 0 fully saturated rings. The van der Waals surface area contributed by atoms with Crippen LogP contribution < -0.4 is 5.30 Å². The molecule has 0 amide bonds. The SMILES string of the molecule is CC(C)c1nc2cnc(-c3ccc(F)c(C(C)(C)F)c3)cn2c1-c1c(F)cc(O)cc1P. The third-order valence-electron chi connectivity index (χ3n) is 5.33. The Morgan fingerprint density at radius 3 is 2.44 bits per heavy atom. The van der Waals surface area contributed by atoms with Crippen molar-refractivity contribution in [2.24, 2.45) is 0 Å². The van der Waals surface area contributed by atoms with E-state index in [9.17, 15) is 18.3 Å². The third-order valence-corrected chi connectivity index (χ3v) is 5.78. The van der Waals surface area contributed by atoms with Gasteiger partial charge in [-0.25, -0.2) is 18.2 Å². The number of aromatic nitrogens is 3. The number of halogens is 3. The fourth-order valence-corrected chi connectivity index (χ4v) is 4.22. The normalized spacial score (nSPS) is 12.2. The summed E-state index contributed by atoms with van der Waals surface area (Å²) in [6.07, 6.45) is 3.23. The molecule has 0 bridgehead atoms. The van der Waals surface area contributed by atoms with Gasteiger partial charge in [-0.1, -0.05) is 13.8 Å². The number of benzene rings is 2. The highest BCUT2D eigenvalue weighted by molar-refractivity contribution is 7.28. The first kappa shape index (κ1) is 22.3. The van der Waals surface area contributed by atoms with E-state index in [1.54, 1.807) is 16.8 Å². The Bertz CT molecular complexity index is 1320. The van der Waals surface area contributed by atoms with Crippen LogP contribution in [0.5, 0.6) is 5.75 Å². The quantitative estimate of drug-likeness (QED) is 0.390. The largest absolute Gasteiger partial charge is 0.508 e. The summed E-state index contributed by atoms with van der Waals surface area (Å²) in [6, 6.07) is 6.70. The van der Waals surface area contributed by atoms with Crippen molar-refractivity contribution in [2.45, 2.75) is 39.3 Å². The van der Waals surface area contributed by atoms with Crippen LogP contribution in [-0.4, -0.2) is 19.5 Å². The first-order valence-corrected chi connectivity index (χ1v) is 10.7. The molecule has 4 nitrogen and oxygen atoms in total. The summed E-state index contributed by atoms with van der Waals surface area (Å²) < 4.78 is 45.4. The predicted octanol–water partition coefficient (Wildman–Crippen LogP) is 5.88. The molecule has 2 aromatic heterocycles. The van der Waals surface area contributed by atoms with Crippen LogP contribution in [0.25, 0.3) is 28.2 Å². The summed E-state index contributed by atoms with van der Waals surface area (Å²) in [6.45, 7) is 6.50. The molecular formula is C24H23F3N3OP. The Morgan fingerprint density at radius 1 is 1.09 bits per heavy atom. The van der Waals surface area contributed by atoms with Crippen molar-refractivity contribution in [1.82, 2.24) is 14.4 Å². The maximum atomic E-state index is 15.0. The highest BCUT2D eigenvalue weighted by Crippen LogP contribution is 2.35. The van der Waals surface area contributed by atoms with Crippen molar-refractivity contribution in [1.29, 1.82) is 0 Å². The number of hydrogen-bond donors (Lipinski definition) is 1. The standard InChI is InChI=1S/C24H23F3N3OP/c1-12(2)22-23(21-17(26)8-14(31)9-19(21)32)30-11-18(28-10-20(30)29-22)13-5-6-16(25)15(7-13)24(3,4)27/h5-12,31H,32H2,1-4H3. The third kappa shape index (κ3) is 3.86. The Morgan fingerprint density at radius 2 is 1.81 bits per heavy atom. The lowest BCUT2D eigenvalue weighted by atomic mass is 9.96. The Hall–Kier alpha value is -2.92. The number of fused-ring (bicyclic) bond motifs is 1. The molecule has 1 N–H and O–H groups in total. The van der Waals surface area contributed by atoms with Gasteiger partial charge in [-0.2, -0.15) is 0 Å². The summed E-state index contributed by atoms with van der Waals surface area (Å²) in [5.74, 6) is -1.41. The van der Waals surface area contributed by atoms with E-state index >= 15 is 0 Å². The van der Waals surface area contributed by atoms with Crippen LogP contribution in [0.2, 0.25) is 0 Å². The minimum absolute atomic E-state index is 0.0179. The maximum absolute atomic E-state index is 15.0. The summed E-state index contributed by atoms with van der Waals surface area (Å²) in [7, 11) is 2.45. The molecular weight excluding hydrogens is 434 g/mol. The maximum Gasteiger partial charge on any atom is 0.156 e. The minimum atomic E-state index is -1.86. The molecule has 4 rings (SSSR count). The molecule has 4 aromatic rings. The first-order valence-electron chi connectivity index (χ1n) is 10.1. The van der Waals surface area contributed by atoms with Crippen molar-refractivity contribution in [3.63, 3.8) is 0 Å². The van der Waals surface area contributed by atoms with E-state index in [2.05, 4.69) is 19.2 Å². The number of phenols is 1. The summed E-state index contributed by atoms with van der Waals surface area (Å²) in [5, 5.41) is 10.2. The van der Waals surface area contributed by atoms with Crippen LogP contribution in [0.1, 0.15) is 44.9 Å². The van der Waals surface area contributed by atoms with Crippen molar-refractivity contribution in [2.75, 3.05) is 0 Å². The molecule has 0 aliphatic heterocycles. The van der Waals surface area contributed by atoms with Crippen LogP contribution in [0.4, 0.5) is 13.2 Å².